The molecule has 0 aliphatic heterocycles. The monoisotopic (exact) mass is 280 g/mol. The van der Waals surface area contributed by atoms with Gasteiger partial charge in [-0.3, -0.25) is 4.79 Å². The third-order valence-electron chi connectivity index (χ3n) is 3.07. The van der Waals surface area contributed by atoms with Gasteiger partial charge in [0.05, 0.1) is 7.11 Å². The highest BCUT2D eigenvalue weighted by atomic mass is 19.1. The van der Waals surface area contributed by atoms with E-state index in [1.165, 1.54) is 13.2 Å². The van der Waals surface area contributed by atoms with Crippen LogP contribution in [0.5, 0.6) is 5.75 Å². The second-order valence-corrected chi connectivity index (χ2v) is 5.83. The zero-order valence-corrected chi connectivity index (χ0v) is 12.0. The zero-order valence-electron chi connectivity index (χ0n) is 12.0. The van der Waals surface area contributed by atoms with Crippen LogP contribution in [0.4, 0.5) is 4.39 Å². The SMILES string of the molecule is COc1ccc2c(c1)C[C@@](F)(C(=O)OC(C)(C)C)C2=O. The minimum absolute atomic E-state index is 0.208. The number of Topliss-reactive ketones (excluding diaryl/α,β-unsaturated/α-hetero) is 1. The molecule has 5 heteroatoms. The van der Waals surface area contributed by atoms with Crippen molar-refractivity contribution in [2.24, 2.45) is 0 Å². The Hall–Kier alpha value is -1.91. The van der Waals surface area contributed by atoms with Crippen LogP contribution in [0, 0.1) is 0 Å². The summed E-state index contributed by atoms with van der Waals surface area (Å²) in [6.45, 7) is 4.89. The lowest BCUT2D eigenvalue weighted by molar-refractivity contribution is -0.165. The number of carbonyl (C=O) groups is 2. The maximum atomic E-state index is 14.8. The molecule has 0 N–H and O–H groups in total. The van der Waals surface area contributed by atoms with Gasteiger partial charge in [0.2, 0.25) is 5.78 Å². The quantitative estimate of drug-likeness (QED) is 0.617. The number of esters is 1. The molecule has 1 atom stereocenters. The van der Waals surface area contributed by atoms with Crippen LogP contribution in [-0.4, -0.2) is 30.1 Å². The van der Waals surface area contributed by atoms with Crippen molar-refractivity contribution in [1.82, 2.24) is 0 Å². The number of rotatable bonds is 2. The average molecular weight is 280 g/mol. The van der Waals surface area contributed by atoms with E-state index in [9.17, 15) is 14.0 Å². The van der Waals surface area contributed by atoms with E-state index >= 15 is 0 Å². The number of hydrogen-bond acceptors (Lipinski definition) is 4. The normalized spacial score (nSPS) is 21.6. The van der Waals surface area contributed by atoms with Crippen LogP contribution in [0.3, 0.4) is 0 Å². The second kappa shape index (κ2) is 4.58. The molecule has 0 saturated heterocycles. The van der Waals surface area contributed by atoms with Crippen LogP contribution in [0.15, 0.2) is 18.2 Å². The molecule has 0 bridgehead atoms. The Labute approximate surface area is 116 Å². The highest BCUT2D eigenvalue weighted by molar-refractivity contribution is 6.19. The number of methoxy groups -OCH3 is 1. The van der Waals surface area contributed by atoms with E-state index in [-0.39, 0.29) is 12.0 Å². The molecule has 4 nitrogen and oxygen atoms in total. The van der Waals surface area contributed by atoms with Gasteiger partial charge in [-0.2, -0.15) is 0 Å². The molecule has 0 heterocycles. The number of carbonyl (C=O) groups excluding carboxylic acids is 2. The molecule has 20 heavy (non-hydrogen) atoms. The fraction of sp³-hybridized carbons (Fsp3) is 0.467. The first-order chi connectivity index (χ1) is 9.17. The van der Waals surface area contributed by atoms with Crippen molar-refractivity contribution in [3.8, 4) is 5.75 Å². The standard InChI is InChI=1S/C15H17FO4/c1-14(2,3)20-13(18)15(16)8-9-7-10(19-4)5-6-11(9)12(15)17/h5-7H,8H2,1-4H3/t15-/m0/s1. The molecule has 1 aromatic carbocycles. The van der Waals surface area contributed by atoms with Gasteiger partial charge in [0, 0.05) is 12.0 Å². The lowest BCUT2D eigenvalue weighted by atomic mass is 10.0. The first kappa shape index (κ1) is 14.5. The van der Waals surface area contributed by atoms with Crippen LogP contribution in [-0.2, 0) is 16.0 Å². The van der Waals surface area contributed by atoms with Crippen LogP contribution < -0.4 is 4.74 Å². The zero-order chi connectivity index (χ0) is 15.1. The average Bonchev–Trinajstić information content (AvgIpc) is 2.60. The summed E-state index contributed by atoms with van der Waals surface area (Å²) in [7, 11) is 1.48. The molecule has 0 radical (unpaired) electrons. The van der Waals surface area contributed by atoms with Crippen molar-refractivity contribution in [3.05, 3.63) is 29.3 Å². The molecule has 0 amide bonds. The minimum atomic E-state index is -2.64. The van der Waals surface area contributed by atoms with Gasteiger partial charge in [-0.1, -0.05) is 0 Å². The van der Waals surface area contributed by atoms with Crippen molar-refractivity contribution in [1.29, 1.82) is 0 Å². The van der Waals surface area contributed by atoms with E-state index in [4.69, 9.17) is 9.47 Å². The summed E-state index contributed by atoms with van der Waals surface area (Å²) in [6, 6.07) is 4.61. The Balaban J connectivity index is 2.33. The van der Waals surface area contributed by atoms with Crippen LogP contribution >= 0.6 is 0 Å². The Kier molecular flexibility index (Phi) is 3.32. The Morgan fingerprint density at radius 2 is 2.00 bits per heavy atom. The van der Waals surface area contributed by atoms with E-state index in [1.54, 1.807) is 32.9 Å². The summed E-state index contributed by atoms with van der Waals surface area (Å²) < 4.78 is 24.8. The lowest BCUT2D eigenvalue weighted by Crippen LogP contribution is -2.44. The number of hydrogen-bond donors (Lipinski definition) is 0. The molecule has 0 fully saturated rings. The second-order valence-electron chi connectivity index (χ2n) is 5.83. The minimum Gasteiger partial charge on any atom is -0.497 e. The van der Waals surface area contributed by atoms with Crippen molar-refractivity contribution in [3.63, 3.8) is 0 Å². The number of ketones is 1. The van der Waals surface area contributed by atoms with E-state index < -0.39 is 23.0 Å². The summed E-state index contributed by atoms with van der Waals surface area (Å²) in [5.74, 6) is -1.46. The van der Waals surface area contributed by atoms with Crippen molar-refractivity contribution < 1.29 is 23.5 Å². The number of fused-ring (bicyclic) bond motifs is 1. The third kappa shape index (κ3) is 2.40. The Bertz CT molecular complexity index is 574. The third-order valence-corrected chi connectivity index (χ3v) is 3.07. The molecule has 0 aromatic heterocycles. The summed E-state index contributed by atoms with van der Waals surface area (Å²) >= 11 is 0. The fourth-order valence-electron chi connectivity index (χ4n) is 2.14. The molecular formula is C15H17FO4. The van der Waals surface area contributed by atoms with Crippen LogP contribution in [0.25, 0.3) is 0 Å². The molecule has 108 valence electrons. The topological polar surface area (TPSA) is 52.6 Å². The predicted octanol–water partition coefficient (Wildman–Crippen LogP) is 2.48. The Morgan fingerprint density at radius 1 is 1.35 bits per heavy atom. The number of ether oxygens (including phenoxy) is 2. The van der Waals surface area contributed by atoms with Gasteiger partial charge < -0.3 is 9.47 Å². The highest BCUT2D eigenvalue weighted by Gasteiger charge is 2.54. The molecule has 1 aliphatic rings. The summed E-state index contributed by atoms with van der Waals surface area (Å²) in [4.78, 5) is 24.1. The summed E-state index contributed by atoms with van der Waals surface area (Å²) in [5.41, 5.74) is -2.81. The van der Waals surface area contributed by atoms with Gasteiger partial charge in [0.1, 0.15) is 11.4 Å². The van der Waals surface area contributed by atoms with Gasteiger partial charge in [-0.25, -0.2) is 9.18 Å². The van der Waals surface area contributed by atoms with E-state index in [0.717, 1.165) is 0 Å². The molecule has 2 rings (SSSR count). The van der Waals surface area contributed by atoms with Gasteiger partial charge in [-0.05, 0) is 44.5 Å². The van der Waals surface area contributed by atoms with Crippen LogP contribution in [0.2, 0.25) is 0 Å². The number of benzene rings is 1. The highest BCUT2D eigenvalue weighted by Crippen LogP contribution is 2.36. The Morgan fingerprint density at radius 3 is 2.55 bits per heavy atom. The first-order valence-electron chi connectivity index (χ1n) is 6.31. The summed E-state index contributed by atoms with van der Waals surface area (Å²) in [6.07, 6.45) is -0.312. The predicted molar refractivity (Wildman–Crippen MR) is 70.7 cm³/mol. The largest absolute Gasteiger partial charge is 0.497 e. The maximum absolute atomic E-state index is 14.8. The van der Waals surface area contributed by atoms with Gasteiger partial charge in [-0.15, -0.1) is 0 Å². The van der Waals surface area contributed by atoms with Gasteiger partial charge in [0.15, 0.2) is 0 Å². The first-order valence-corrected chi connectivity index (χ1v) is 6.31. The number of halogens is 1. The number of alkyl halides is 1. The molecular weight excluding hydrogens is 263 g/mol. The van der Waals surface area contributed by atoms with E-state index in [1.807, 2.05) is 0 Å². The molecule has 1 aliphatic carbocycles. The van der Waals surface area contributed by atoms with Crippen molar-refractivity contribution in [2.75, 3.05) is 7.11 Å². The van der Waals surface area contributed by atoms with E-state index in [2.05, 4.69) is 0 Å². The van der Waals surface area contributed by atoms with Crippen molar-refractivity contribution in [2.45, 2.75) is 38.5 Å². The lowest BCUT2D eigenvalue weighted by Gasteiger charge is -2.24. The fourth-order valence-corrected chi connectivity index (χ4v) is 2.14. The smallest absolute Gasteiger partial charge is 0.353 e. The van der Waals surface area contributed by atoms with Crippen molar-refractivity contribution >= 4 is 11.8 Å². The molecule has 0 spiro atoms. The van der Waals surface area contributed by atoms with Crippen LogP contribution in [0.1, 0.15) is 36.7 Å². The van der Waals surface area contributed by atoms with Gasteiger partial charge >= 0.3 is 5.97 Å². The maximum Gasteiger partial charge on any atom is 0.353 e. The van der Waals surface area contributed by atoms with Gasteiger partial charge in [0.25, 0.3) is 5.67 Å². The van der Waals surface area contributed by atoms with E-state index in [0.29, 0.717) is 11.3 Å². The molecule has 0 saturated carbocycles. The molecule has 1 aromatic rings. The molecule has 0 unspecified atom stereocenters. The summed E-state index contributed by atoms with van der Waals surface area (Å²) in [5, 5.41) is 0.